The van der Waals surface area contributed by atoms with Gasteiger partial charge in [-0.1, -0.05) is 29.8 Å². The topological polar surface area (TPSA) is 58.2 Å². The maximum Gasteiger partial charge on any atom is 0.251 e. The van der Waals surface area contributed by atoms with E-state index in [-0.39, 0.29) is 11.8 Å². The molecule has 0 fully saturated rings. The van der Waals surface area contributed by atoms with E-state index in [2.05, 4.69) is 26.6 Å². The monoisotopic (exact) mass is 406 g/mol. The standard InChI is InChI=1S/C19H20BrFN2O2/c1-11(2)17(23-18(24)13-4-6-14(21)7-5-13)19(25)22-15-8-9-16(20)12(3)10-15/h4-11,17H,1-3H3,(H,22,25)(H,23,24)/t17-/m0/s1. The number of benzene rings is 2. The zero-order valence-electron chi connectivity index (χ0n) is 14.3. The molecule has 0 aliphatic rings. The molecule has 0 radical (unpaired) electrons. The largest absolute Gasteiger partial charge is 0.340 e. The normalized spacial score (nSPS) is 11.9. The highest BCUT2D eigenvalue weighted by Crippen LogP contribution is 2.20. The summed E-state index contributed by atoms with van der Waals surface area (Å²) in [6, 6.07) is 9.98. The van der Waals surface area contributed by atoms with Crippen LogP contribution in [0.15, 0.2) is 46.9 Å². The molecule has 6 heteroatoms. The van der Waals surface area contributed by atoms with E-state index in [0.29, 0.717) is 11.3 Å². The fourth-order valence-electron chi connectivity index (χ4n) is 2.30. The van der Waals surface area contributed by atoms with Gasteiger partial charge in [0.15, 0.2) is 0 Å². The maximum atomic E-state index is 13.0. The van der Waals surface area contributed by atoms with Gasteiger partial charge in [0.1, 0.15) is 11.9 Å². The van der Waals surface area contributed by atoms with Gasteiger partial charge < -0.3 is 10.6 Å². The lowest BCUT2D eigenvalue weighted by Crippen LogP contribution is -2.47. The predicted octanol–water partition coefficient (Wildman–Crippen LogP) is 4.29. The number of rotatable bonds is 5. The second-order valence-corrected chi connectivity index (χ2v) is 7.01. The Hall–Kier alpha value is -2.21. The summed E-state index contributed by atoms with van der Waals surface area (Å²) in [4.78, 5) is 24.9. The van der Waals surface area contributed by atoms with Crippen LogP contribution >= 0.6 is 15.9 Å². The Bertz CT molecular complexity index is 775. The minimum Gasteiger partial charge on any atom is -0.340 e. The number of anilines is 1. The van der Waals surface area contributed by atoms with E-state index < -0.39 is 17.8 Å². The quantitative estimate of drug-likeness (QED) is 0.777. The molecule has 0 aliphatic carbocycles. The third-order valence-corrected chi connectivity index (χ3v) is 4.66. The summed E-state index contributed by atoms with van der Waals surface area (Å²) in [6.45, 7) is 5.63. The third-order valence-electron chi connectivity index (χ3n) is 3.77. The lowest BCUT2D eigenvalue weighted by Gasteiger charge is -2.22. The molecule has 2 rings (SSSR count). The fourth-order valence-corrected chi connectivity index (χ4v) is 2.55. The number of nitrogens with one attached hydrogen (secondary N) is 2. The first-order valence-corrected chi connectivity index (χ1v) is 8.70. The zero-order chi connectivity index (χ0) is 18.6. The summed E-state index contributed by atoms with van der Waals surface area (Å²) in [6.07, 6.45) is 0. The molecule has 2 amide bonds. The molecule has 25 heavy (non-hydrogen) atoms. The Kier molecular flexibility index (Phi) is 6.31. The molecule has 0 aromatic heterocycles. The highest BCUT2D eigenvalue weighted by molar-refractivity contribution is 9.10. The Morgan fingerprint density at radius 1 is 1.08 bits per heavy atom. The van der Waals surface area contributed by atoms with Gasteiger partial charge in [-0.3, -0.25) is 9.59 Å². The average Bonchev–Trinajstić information content (AvgIpc) is 2.56. The van der Waals surface area contributed by atoms with Crippen LogP contribution < -0.4 is 10.6 Å². The van der Waals surface area contributed by atoms with Crippen LogP contribution in [0.4, 0.5) is 10.1 Å². The molecule has 0 saturated heterocycles. The maximum absolute atomic E-state index is 13.0. The van der Waals surface area contributed by atoms with Crippen molar-refractivity contribution >= 4 is 33.4 Å². The van der Waals surface area contributed by atoms with Gasteiger partial charge in [-0.15, -0.1) is 0 Å². The Balaban J connectivity index is 2.11. The van der Waals surface area contributed by atoms with Gasteiger partial charge in [-0.2, -0.15) is 0 Å². The molecule has 0 heterocycles. The molecule has 2 N–H and O–H groups in total. The molecular formula is C19H20BrFN2O2. The summed E-state index contributed by atoms with van der Waals surface area (Å²) < 4.78 is 13.9. The predicted molar refractivity (Wildman–Crippen MR) is 100 cm³/mol. The number of carbonyl (C=O) groups excluding carboxylic acids is 2. The van der Waals surface area contributed by atoms with Crippen molar-refractivity contribution in [2.45, 2.75) is 26.8 Å². The van der Waals surface area contributed by atoms with Crippen LogP contribution in [0.3, 0.4) is 0 Å². The molecule has 0 saturated carbocycles. The first-order chi connectivity index (χ1) is 11.8. The molecule has 132 valence electrons. The second kappa shape index (κ2) is 8.25. The minimum atomic E-state index is -0.707. The summed E-state index contributed by atoms with van der Waals surface area (Å²) in [5, 5.41) is 5.54. The number of aryl methyl sites for hydroxylation is 1. The van der Waals surface area contributed by atoms with Crippen molar-refractivity contribution < 1.29 is 14.0 Å². The smallest absolute Gasteiger partial charge is 0.251 e. The van der Waals surface area contributed by atoms with Crippen molar-refractivity contribution in [3.05, 3.63) is 63.9 Å². The van der Waals surface area contributed by atoms with Gasteiger partial charge in [-0.05, 0) is 60.9 Å². The number of amides is 2. The van der Waals surface area contributed by atoms with Crippen molar-refractivity contribution in [2.24, 2.45) is 5.92 Å². The molecule has 0 unspecified atom stereocenters. The molecule has 0 bridgehead atoms. The van der Waals surface area contributed by atoms with E-state index in [4.69, 9.17) is 0 Å². The van der Waals surface area contributed by atoms with Gasteiger partial charge in [0.2, 0.25) is 5.91 Å². The molecule has 2 aromatic rings. The molecule has 1 atom stereocenters. The van der Waals surface area contributed by atoms with Crippen LogP contribution in [0.2, 0.25) is 0 Å². The van der Waals surface area contributed by atoms with Gasteiger partial charge in [0.25, 0.3) is 5.91 Å². The van der Waals surface area contributed by atoms with Gasteiger partial charge in [0, 0.05) is 15.7 Å². The van der Waals surface area contributed by atoms with Crippen LogP contribution in [0.1, 0.15) is 29.8 Å². The van der Waals surface area contributed by atoms with Crippen LogP contribution in [-0.4, -0.2) is 17.9 Å². The molecule has 0 spiro atoms. The lowest BCUT2D eigenvalue weighted by molar-refractivity contribution is -0.118. The first-order valence-electron chi connectivity index (χ1n) is 7.91. The van der Waals surface area contributed by atoms with E-state index in [9.17, 15) is 14.0 Å². The Morgan fingerprint density at radius 2 is 1.72 bits per heavy atom. The van der Waals surface area contributed by atoms with Crippen LogP contribution in [0.25, 0.3) is 0 Å². The van der Waals surface area contributed by atoms with Gasteiger partial charge in [0.05, 0.1) is 0 Å². The van der Waals surface area contributed by atoms with E-state index in [1.807, 2.05) is 32.9 Å². The zero-order valence-corrected chi connectivity index (χ0v) is 15.9. The number of hydrogen-bond donors (Lipinski definition) is 2. The first kappa shape index (κ1) is 19.1. The van der Waals surface area contributed by atoms with Crippen molar-refractivity contribution in [1.29, 1.82) is 0 Å². The van der Waals surface area contributed by atoms with Gasteiger partial charge >= 0.3 is 0 Å². The molecule has 2 aromatic carbocycles. The average molecular weight is 407 g/mol. The van der Waals surface area contributed by atoms with Crippen LogP contribution in [0.5, 0.6) is 0 Å². The number of hydrogen-bond acceptors (Lipinski definition) is 2. The molecule has 4 nitrogen and oxygen atoms in total. The van der Waals surface area contributed by atoms with Crippen LogP contribution in [-0.2, 0) is 4.79 Å². The fraction of sp³-hybridized carbons (Fsp3) is 0.263. The van der Waals surface area contributed by atoms with E-state index in [1.54, 1.807) is 6.07 Å². The van der Waals surface area contributed by atoms with Crippen LogP contribution in [0, 0.1) is 18.7 Å². The molecule has 0 aliphatic heterocycles. The summed E-state index contributed by atoms with van der Waals surface area (Å²) in [5.41, 5.74) is 1.96. The minimum absolute atomic E-state index is 0.110. The van der Waals surface area contributed by atoms with E-state index >= 15 is 0 Å². The van der Waals surface area contributed by atoms with Gasteiger partial charge in [-0.25, -0.2) is 4.39 Å². The summed E-state index contributed by atoms with van der Waals surface area (Å²) in [7, 11) is 0. The summed E-state index contributed by atoms with van der Waals surface area (Å²) in [5.74, 6) is -1.24. The second-order valence-electron chi connectivity index (χ2n) is 6.16. The highest BCUT2D eigenvalue weighted by atomic mass is 79.9. The highest BCUT2D eigenvalue weighted by Gasteiger charge is 2.25. The SMILES string of the molecule is Cc1cc(NC(=O)[C@@H](NC(=O)c2ccc(F)cc2)C(C)C)ccc1Br. The third kappa shape index (κ3) is 5.13. The Labute approximate surface area is 154 Å². The van der Waals surface area contributed by atoms with Crippen molar-refractivity contribution in [3.63, 3.8) is 0 Å². The number of carbonyl (C=O) groups is 2. The van der Waals surface area contributed by atoms with Crippen molar-refractivity contribution in [3.8, 4) is 0 Å². The number of halogens is 2. The summed E-state index contributed by atoms with van der Waals surface area (Å²) >= 11 is 3.42. The molecular weight excluding hydrogens is 387 g/mol. The van der Waals surface area contributed by atoms with E-state index in [1.165, 1.54) is 24.3 Å². The van der Waals surface area contributed by atoms with E-state index in [0.717, 1.165) is 10.0 Å². The Morgan fingerprint density at radius 3 is 2.28 bits per heavy atom. The van der Waals surface area contributed by atoms with Crippen molar-refractivity contribution in [1.82, 2.24) is 5.32 Å². The van der Waals surface area contributed by atoms with Crippen molar-refractivity contribution in [2.75, 3.05) is 5.32 Å². The lowest BCUT2D eigenvalue weighted by atomic mass is 10.0.